The zero-order valence-corrected chi connectivity index (χ0v) is 10.2. The molecule has 2 rings (SSSR count). The van der Waals surface area contributed by atoms with Crippen LogP contribution in [0.15, 0.2) is 18.2 Å². The molecular formula is C13H18N2O2. The Kier molecular flexibility index (Phi) is 3.07. The van der Waals surface area contributed by atoms with Gasteiger partial charge in [0.15, 0.2) is 0 Å². The predicted octanol–water partition coefficient (Wildman–Crippen LogP) is 1.42. The van der Waals surface area contributed by atoms with E-state index < -0.39 is 5.41 Å². The zero-order valence-electron chi connectivity index (χ0n) is 10.2. The van der Waals surface area contributed by atoms with E-state index in [4.69, 9.17) is 10.6 Å². The smallest absolute Gasteiger partial charge is 0.244 e. The number of carbonyl (C=O) groups is 1. The lowest BCUT2D eigenvalue weighted by Crippen LogP contribution is -2.39. The second-order valence-electron chi connectivity index (χ2n) is 4.47. The molecule has 1 aromatic carbocycles. The van der Waals surface area contributed by atoms with Gasteiger partial charge in [-0.05, 0) is 43.9 Å². The topological polar surface area (TPSA) is 64.3 Å². The van der Waals surface area contributed by atoms with Crippen LogP contribution < -0.4 is 16.0 Å². The number of aryl methyl sites for hydroxylation is 1. The number of nitrogens with one attached hydrogen (secondary N) is 1. The summed E-state index contributed by atoms with van der Waals surface area (Å²) >= 11 is 0. The molecule has 17 heavy (non-hydrogen) atoms. The number of amides is 1. The van der Waals surface area contributed by atoms with Gasteiger partial charge in [-0.2, -0.15) is 0 Å². The quantitative estimate of drug-likeness (QED) is 0.470. The van der Waals surface area contributed by atoms with Crippen LogP contribution in [0, 0.1) is 6.92 Å². The third-order valence-corrected chi connectivity index (χ3v) is 3.34. The summed E-state index contributed by atoms with van der Waals surface area (Å²) in [6, 6.07) is 5.91. The molecular weight excluding hydrogens is 216 g/mol. The van der Waals surface area contributed by atoms with E-state index in [0.29, 0.717) is 6.61 Å². The molecule has 1 amide bonds. The summed E-state index contributed by atoms with van der Waals surface area (Å²) in [6.07, 6.45) is 1.73. The Balaban J connectivity index is 2.29. The molecule has 0 bridgehead atoms. The minimum Gasteiger partial charge on any atom is -0.494 e. The molecule has 4 nitrogen and oxygen atoms in total. The highest BCUT2D eigenvalue weighted by atomic mass is 16.5. The Bertz CT molecular complexity index is 439. The molecule has 1 aliphatic rings. The second kappa shape index (κ2) is 4.37. The van der Waals surface area contributed by atoms with Crippen molar-refractivity contribution in [1.29, 1.82) is 0 Å². The van der Waals surface area contributed by atoms with Gasteiger partial charge in [-0.1, -0.05) is 12.1 Å². The predicted molar refractivity (Wildman–Crippen MR) is 65.6 cm³/mol. The van der Waals surface area contributed by atoms with Crippen molar-refractivity contribution in [3.8, 4) is 5.75 Å². The molecule has 0 aliphatic heterocycles. The van der Waals surface area contributed by atoms with E-state index in [2.05, 4.69) is 5.43 Å². The Labute approximate surface area is 101 Å². The summed E-state index contributed by atoms with van der Waals surface area (Å²) in [5, 5.41) is 0. The van der Waals surface area contributed by atoms with Crippen LogP contribution in [0.25, 0.3) is 0 Å². The van der Waals surface area contributed by atoms with Crippen LogP contribution in [0.4, 0.5) is 0 Å². The molecule has 1 aliphatic carbocycles. The summed E-state index contributed by atoms with van der Waals surface area (Å²) < 4.78 is 5.49. The van der Waals surface area contributed by atoms with Crippen molar-refractivity contribution in [3.05, 3.63) is 29.3 Å². The summed E-state index contributed by atoms with van der Waals surface area (Å²) in [4.78, 5) is 11.8. The Morgan fingerprint density at radius 1 is 1.53 bits per heavy atom. The normalized spacial score (nSPS) is 16.4. The molecule has 3 N–H and O–H groups in total. The third-order valence-electron chi connectivity index (χ3n) is 3.34. The molecule has 92 valence electrons. The van der Waals surface area contributed by atoms with Gasteiger partial charge in [0.1, 0.15) is 5.75 Å². The summed E-state index contributed by atoms with van der Waals surface area (Å²) in [5.41, 5.74) is 3.94. The summed E-state index contributed by atoms with van der Waals surface area (Å²) in [5.74, 6) is 6.01. The summed E-state index contributed by atoms with van der Waals surface area (Å²) in [7, 11) is 0. The lowest BCUT2D eigenvalue weighted by atomic mass is 9.93. The maximum atomic E-state index is 11.8. The van der Waals surface area contributed by atoms with Gasteiger partial charge in [0.2, 0.25) is 5.91 Å². The van der Waals surface area contributed by atoms with Gasteiger partial charge in [0.25, 0.3) is 0 Å². The van der Waals surface area contributed by atoms with Crippen LogP contribution in [0.3, 0.4) is 0 Å². The lowest BCUT2D eigenvalue weighted by Gasteiger charge is -2.16. The van der Waals surface area contributed by atoms with Crippen LogP contribution in [0.5, 0.6) is 5.75 Å². The van der Waals surface area contributed by atoms with Gasteiger partial charge in [-0.15, -0.1) is 0 Å². The fourth-order valence-corrected chi connectivity index (χ4v) is 2.17. The van der Waals surface area contributed by atoms with Crippen molar-refractivity contribution in [2.24, 2.45) is 5.84 Å². The van der Waals surface area contributed by atoms with Crippen LogP contribution in [-0.2, 0) is 10.2 Å². The Morgan fingerprint density at radius 3 is 2.71 bits per heavy atom. The zero-order chi connectivity index (χ0) is 12.5. The van der Waals surface area contributed by atoms with Crippen LogP contribution in [0.1, 0.15) is 30.9 Å². The highest BCUT2D eigenvalue weighted by Crippen LogP contribution is 2.48. The first-order valence-electron chi connectivity index (χ1n) is 5.89. The lowest BCUT2D eigenvalue weighted by molar-refractivity contribution is -0.123. The Morgan fingerprint density at radius 2 is 2.24 bits per heavy atom. The molecule has 0 heterocycles. The van der Waals surface area contributed by atoms with Crippen molar-refractivity contribution >= 4 is 5.91 Å². The highest BCUT2D eigenvalue weighted by Gasteiger charge is 2.51. The third kappa shape index (κ3) is 2.00. The standard InChI is InChI=1S/C13H18N2O2/c1-3-17-11-5-4-10(8-9(11)2)13(6-7-13)12(16)15-14/h4-5,8H,3,6-7,14H2,1-2H3,(H,15,16). The monoisotopic (exact) mass is 234 g/mol. The number of hydrogen-bond acceptors (Lipinski definition) is 3. The maximum Gasteiger partial charge on any atom is 0.244 e. The minimum absolute atomic E-state index is 0.0962. The molecule has 4 heteroatoms. The first-order valence-corrected chi connectivity index (χ1v) is 5.89. The molecule has 1 aromatic rings. The fraction of sp³-hybridized carbons (Fsp3) is 0.462. The van der Waals surface area contributed by atoms with E-state index in [0.717, 1.165) is 29.7 Å². The second-order valence-corrected chi connectivity index (χ2v) is 4.47. The van der Waals surface area contributed by atoms with Gasteiger partial charge < -0.3 is 4.74 Å². The van der Waals surface area contributed by atoms with E-state index in [1.807, 2.05) is 32.0 Å². The SMILES string of the molecule is CCOc1ccc(C2(C(=O)NN)CC2)cc1C. The minimum atomic E-state index is -0.399. The number of rotatable bonds is 4. The largest absolute Gasteiger partial charge is 0.494 e. The number of benzene rings is 1. The van der Waals surface area contributed by atoms with E-state index in [-0.39, 0.29) is 5.91 Å². The average molecular weight is 234 g/mol. The van der Waals surface area contributed by atoms with Gasteiger partial charge in [-0.25, -0.2) is 5.84 Å². The summed E-state index contributed by atoms with van der Waals surface area (Å²) in [6.45, 7) is 4.59. The first kappa shape index (κ1) is 11.9. The van der Waals surface area contributed by atoms with Gasteiger partial charge in [0.05, 0.1) is 12.0 Å². The molecule has 0 radical (unpaired) electrons. The maximum absolute atomic E-state index is 11.8. The van der Waals surface area contributed by atoms with Crippen LogP contribution in [0.2, 0.25) is 0 Å². The molecule has 1 fully saturated rings. The van der Waals surface area contributed by atoms with Gasteiger partial charge in [-0.3, -0.25) is 10.2 Å². The van der Waals surface area contributed by atoms with Crippen LogP contribution >= 0.6 is 0 Å². The number of ether oxygens (including phenoxy) is 1. The van der Waals surface area contributed by atoms with E-state index >= 15 is 0 Å². The van der Waals surface area contributed by atoms with Crippen molar-refractivity contribution in [2.45, 2.75) is 32.1 Å². The number of hydrogen-bond donors (Lipinski definition) is 2. The molecule has 0 spiro atoms. The van der Waals surface area contributed by atoms with Crippen molar-refractivity contribution in [2.75, 3.05) is 6.61 Å². The van der Waals surface area contributed by atoms with E-state index in [1.165, 1.54) is 0 Å². The molecule has 0 unspecified atom stereocenters. The molecule has 0 saturated heterocycles. The Hall–Kier alpha value is -1.55. The number of nitrogens with two attached hydrogens (primary N) is 1. The van der Waals surface area contributed by atoms with Crippen molar-refractivity contribution in [1.82, 2.24) is 5.43 Å². The van der Waals surface area contributed by atoms with Crippen molar-refractivity contribution < 1.29 is 9.53 Å². The molecule has 0 aromatic heterocycles. The van der Waals surface area contributed by atoms with Gasteiger partial charge >= 0.3 is 0 Å². The first-order chi connectivity index (χ1) is 8.14. The highest BCUT2D eigenvalue weighted by molar-refractivity contribution is 5.90. The molecule has 1 saturated carbocycles. The van der Waals surface area contributed by atoms with Gasteiger partial charge in [0, 0.05) is 0 Å². The molecule has 0 atom stereocenters. The van der Waals surface area contributed by atoms with Crippen LogP contribution in [-0.4, -0.2) is 12.5 Å². The fourth-order valence-electron chi connectivity index (χ4n) is 2.17. The number of carbonyl (C=O) groups excluding carboxylic acids is 1. The average Bonchev–Trinajstić information content (AvgIpc) is 3.12. The van der Waals surface area contributed by atoms with E-state index in [9.17, 15) is 4.79 Å². The number of hydrazine groups is 1. The van der Waals surface area contributed by atoms with Crippen molar-refractivity contribution in [3.63, 3.8) is 0 Å². The van der Waals surface area contributed by atoms with E-state index in [1.54, 1.807) is 0 Å².